The van der Waals surface area contributed by atoms with Crippen molar-refractivity contribution in [1.82, 2.24) is 4.48 Å². The summed E-state index contributed by atoms with van der Waals surface area (Å²) in [6.07, 6.45) is 0. The van der Waals surface area contributed by atoms with Gasteiger partial charge in [-0.2, -0.15) is 0 Å². The Balaban J connectivity index is 1.41. The van der Waals surface area contributed by atoms with Gasteiger partial charge in [0.25, 0.3) is 0 Å². The molecular formula is C44H37BN2O. The van der Waals surface area contributed by atoms with Crippen molar-refractivity contribution >= 4 is 78.6 Å². The Morgan fingerprint density at radius 3 is 2.04 bits per heavy atom. The molecule has 2 aromatic heterocycles. The predicted molar refractivity (Wildman–Crippen MR) is 205 cm³/mol. The van der Waals surface area contributed by atoms with E-state index in [0.717, 1.165) is 16.9 Å². The second-order valence-corrected chi connectivity index (χ2v) is 15.8. The molecule has 4 heterocycles. The van der Waals surface area contributed by atoms with Crippen LogP contribution in [0.3, 0.4) is 0 Å². The van der Waals surface area contributed by atoms with Crippen LogP contribution in [0.1, 0.15) is 52.7 Å². The van der Waals surface area contributed by atoms with E-state index in [1.807, 2.05) is 0 Å². The quantitative estimate of drug-likeness (QED) is 0.170. The topological polar surface area (TPSA) is 21.3 Å². The van der Waals surface area contributed by atoms with Gasteiger partial charge in [0.2, 0.25) is 0 Å². The number of nitrogens with zero attached hydrogens (tertiary/aromatic N) is 2. The summed E-state index contributed by atoms with van der Waals surface area (Å²) in [5.41, 5.74) is 16.0. The van der Waals surface area contributed by atoms with Crippen molar-refractivity contribution in [1.29, 1.82) is 0 Å². The number of hydrogen-bond acceptors (Lipinski definition) is 2. The maximum atomic E-state index is 6.73. The number of anilines is 3. The van der Waals surface area contributed by atoms with E-state index in [0.29, 0.717) is 0 Å². The molecule has 0 radical (unpaired) electrons. The highest BCUT2D eigenvalue weighted by atomic mass is 16.3. The molecule has 4 heteroatoms. The van der Waals surface area contributed by atoms with Gasteiger partial charge in [-0.3, -0.25) is 0 Å². The van der Waals surface area contributed by atoms with Crippen LogP contribution in [0.25, 0.3) is 54.9 Å². The van der Waals surface area contributed by atoms with Gasteiger partial charge in [-0.25, -0.2) is 0 Å². The number of furan rings is 1. The van der Waals surface area contributed by atoms with Crippen molar-refractivity contribution in [3.8, 4) is 11.1 Å². The van der Waals surface area contributed by atoms with Gasteiger partial charge in [-0.1, -0.05) is 120 Å². The molecule has 48 heavy (non-hydrogen) atoms. The molecule has 0 bridgehead atoms. The van der Waals surface area contributed by atoms with Crippen molar-refractivity contribution < 1.29 is 4.42 Å². The lowest BCUT2D eigenvalue weighted by atomic mass is 9.44. The van der Waals surface area contributed by atoms with Crippen LogP contribution >= 0.6 is 0 Å². The van der Waals surface area contributed by atoms with Crippen molar-refractivity contribution in [3.05, 3.63) is 126 Å². The number of aromatic nitrogens is 1. The van der Waals surface area contributed by atoms with E-state index in [1.165, 1.54) is 77.1 Å². The molecule has 0 N–H and O–H groups in total. The van der Waals surface area contributed by atoms with Gasteiger partial charge in [-0.15, -0.1) is 0 Å². The number of para-hydroxylation sites is 3. The third-order valence-electron chi connectivity index (χ3n) is 10.9. The molecule has 3 nitrogen and oxygen atoms in total. The molecule has 0 unspecified atom stereocenters. The Morgan fingerprint density at radius 2 is 1.27 bits per heavy atom. The fraction of sp³-hybridized carbons (Fsp3) is 0.182. The zero-order valence-corrected chi connectivity index (χ0v) is 28.3. The molecule has 0 fully saturated rings. The van der Waals surface area contributed by atoms with E-state index in [4.69, 9.17) is 4.42 Å². The van der Waals surface area contributed by atoms with E-state index >= 15 is 0 Å². The van der Waals surface area contributed by atoms with E-state index in [2.05, 4.69) is 166 Å². The lowest BCUT2D eigenvalue weighted by Crippen LogP contribution is -2.57. The third-order valence-corrected chi connectivity index (χ3v) is 10.9. The first-order valence-corrected chi connectivity index (χ1v) is 17.1. The average molecular weight is 621 g/mol. The normalized spacial score (nSPS) is 14.0. The Morgan fingerprint density at radius 1 is 0.583 bits per heavy atom. The average Bonchev–Trinajstić information content (AvgIpc) is 3.61. The largest absolute Gasteiger partial charge is 0.456 e. The van der Waals surface area contributed by atoms with Crippen molar-refractivity contribution in [2.75, 3.05) is 4.90 Å². The van der Waals surface area contributed by atoms with Gasteiger partial charge < -0.3 is 13.8 Å². The van der Waals surface area contributed by atoms with Gasteiger partial charge in [0.05, 0.1) is 0 Å². The summed E-state index contributed by atoms with van der Waals surface area (Å²) in [4.78, 5) is 2.49. The minimum absolute atomic E-state index is 0.00267. The van der Waals surface area contributed by atoms with Gasteiger partial charge in [0.1, 0.15) is 11.2 Å². The smallest absolute Gasteiger partial charge is 0.333 e. The predicted octanol–water partition coefficient (Wildman–Crippen LogP) is 10.7. The molecule has 2 aliphatic heterocycles. The van der Waals surface area contributed by atoms with Crippen LogP contribution < -0.4 is 15.8 Å². The monoisotopic (exact) mass is 620 g/mol. The molecule has 0 spiro atoms. The van der Waals surface area contributed by atoms with Crippen LogP contribution in [-0.2, 0) is 10.8 Å². The summed E-state index contributed by atoms with van der Waals surface area (Å²) in [6.45, 7) is 13.8. The molecular weight excluding hydrogens is 583 g/mol. The lowest BCUT2D eigenvalue weighted by Gasteiger charge is -2.41. The maximum Gasteiger partial charge on any atom is 0.333 e. The Hall–Kier alpha value is -5.22. The highest BCUT2D eigenvalue weighted by molar-refractivity contribution is 6.90. The number of benzene rings is 6. The summed E-state index contributed by atoms with van der Waals surface area (Å²) in [6, 6.07) is 43.1. The van der Waals surface area contributed by atoms with E-state index < -0.39 is 0 Å². The maximum absolute atomic E-state index is 6.73. The van der Waals surface area contributed by atoms with Crippen LogP contribution in [0.5, 0.6) is 0 Å². The zero-order chi connectivity index (χ0) is 32.7. The third kappa shape index (κ3) is 3.61. The summed E-state index contributed by atoms with van der Waals surface area (Å²) < 4.78 is 9.37. The molecule has 0 saturated heterocycles. The minimum atomic E-state index is -0.00670. The fourth-order valence-electron chi connectivity index (χ4n) is 8.54. The van der Waals surface area contributed by atoms with Crippen LogP contribution in [0.15, 0.2) is 120 Å². The molecule has 6 aromatic carbocycles. The Bertz CT molecular complexity index is 2640. The van der Waals surface area contributed by atoms with Crippen molar-refractivity contribution in [2.45, 2.75) is 52.4 Å². The minimum Gasteiger partial charge on any atom is -0.456 e. The summed E-state index contributed by atoms with van der Waals surface area (Å²) >= 11 is 0. The summed E-state index contributed by atoms with van der Waals surface area (Å²) in [5, 5.41) is 4.97. The fourth-order valence-corrected chi connectivity index (χ4v) is 8.54. The van der Waals surface area contributed by atoms with Crippen LogP contribution in [0.2, 0.25) is 0 Å². The van der Waals surface area contributed by atoms with Crippen molar-refractivity contribution in [2.24, 2.45) is 0 Å². The molecule has 8 aromatic rings. The second-order valence-electron chi connectivity index (χ2n) is 15.8. The second kappa shape index (κ2) is 9.23. The van der Waals surface area contributed by atoms with Gasteiger partial charge in [0, 0.05) is 61.3 Å². The number of fused-ring (bicyclic) bond motifs is 11. The number of hydrogen-bond donors (Lipinski definition) is 0. The first-order valence-electron chi connectivity index (χ1n) is 17.1. The number of rotatable bonds is 1. The molecule has 232 valence electrons. The standard InChI is InChI=1S/C44H37BN2O/c1-43(2,3)26-18-21-28(22-19-26)46-35-23-20-27(44(4,5)6)24-33(35)45-41-36(46)25-38-39(31-13-8-10-17-37(31)48-38)40(41)32-15-11-14-30-29-12-7-9-16-34(29)47(45)42(30)32/h7-25H,1-6H3. The van der Waals surface area contributed by atoms with E-state index in [1.54, 1.807) is 0 Å². The van der Waals surface area contributed by atoms with Crippen molar-refractivity contribution in [3.63, 3.8) is 0 Å². The van der Waals surface area contributed by atoms with E-state index in [-0.39, 0.29) is 17.7 Å². The lowest BCUT2D eigenvalue weighted by molar-refractivity contribution is 0.590. The summed E-state index contributed by atoms with van der Waals surface area (Å²) in [5.74, 6) is 0. The van der Waals surface area contributed by atoms with Crippen LogP contribution in [0, 0.1) is 0 Å². The molecule has 0 atom stereocenters. The highest BCUT2D eigenvalue weighted by Crippen LogP contribution is 2.49. The van der Waals surface area contributed by atoms with Crippen LogP contribution in [-0.4, -0.2) is 11.3 Å². The molecule has 0 saturated carbocycles. The van der Waals surface area contributed by atoms with Crippen LogP contribution in [0.4, 0.5) is 17.1 Å². The highest BCUT2D eigenvalue weighted by Gasteiger charge is 2.44. The van der Waals surface area contributed by atoms with Gasteiger partial charge in [0.15, 0.2) is 0 Å². The molecule has 0 amide bonds. The van der Waals surface area contributed by atoms with Gasteiger partial charge >= 0.3 is 6.85 Å². The van der Waals surface area contributed by atoms with E-state index in [9.17, 15) is 0 Å². The SMILES string of the molecule is CC(C)(C)c1ccc(N2c3ccc(C(C)(C)C)cc3B3c4c2cc2oc5ccccc5c2c4-c2cccc4c5ccccc5n3c24)cc1. The molecule has 2 aliphatic rings. The zero-order valence-electron chi connectivity index (χ0n) is 28.3. The van der Waals surface area contributed by atoms with Gasteiger partial charge in [-0.05, 0) is 68.8 Å². The molecule has 10 rings (SSSR count). The summed E-state index contributed by atoms with van der Waals surface area (Å²) in [7, 11) is 0. The Labute approximate surface area is 281 Å². The Kier molecular flexibility index (Phi) is 5.36. The molecule has 0 aliphatic carbocycles. The first kappa shape index (κ1) is 27.9. The first-order chi connectivity index (χ1) is 23.1.